The number of carbonyl (C=O) groups is 1. The number of rotatable bonds is 4. The van der Waals surface area contributed by atoms with Crippen LogP contribution in [0.4, 0.5) is 11.6 Å². The van der Waals surface area contributed by atoms with Gasteiger partial charge in [-0.05, 0) is 20.8 Å². The zero-order chi connectivity index (χ0) is 13.2. The molecule has 0 atom stereocenters. The van der Waals surface area contributed by atoms with Gasteiger partial charge >= 0.3 is 5.97 Å². The largest absolute Gasteiger partial charge is 0.465 e. The summed E-state index contributed by atoms with van der Waals surface area (Å²) in [6.07, 6.45) is 0. The summed E-state index contributed by atoms with van der Waals surface area (Å²) in [4.78, 5) is 13.6. The Morgan fingerprint density at radius 2 is 2.18 bits per heavy atom. The first-order chi connectivity index (χ1) is 7.93. The van der Waals surface area contributed by atoms with Crippen molar-refractivity contribution in [3.63, 3.8) is 0 Å². The molecule has 0 aliphatic carbocycles. The van der Waals surface area contributed by atoms with Crippen molar-refractivity contribution in [2.45, 2.75) is 26.8 Å². The van der Waals surface area contributed by atoms with Crippen molar-refractivity contribution in [3.8, 4) is 0 Å². The summed E-state index contributed by atoms with van der Waals surface area (Å²) in [6, 6.07) is 0.0948. The summed E-state index contributed by atoms with van der Waals surface area (Å²) >= 11 is 0. The molecular weight excluding hydrogens is 220 g/mol. The van der Waals surface area contributed by atoms with Crippen LogP contribution in [0.25, 0.3) is 0 Å². The van der Waals surface area contributed by atoms with Gasteiger partial charge in [-0.25, -0.2) is 9.48 Å². The Morgan fingerprint density at radius 3 is 2.59 bits per heavy atom. The molecule has 0 unspecified atom stereocenters. The first-order valence-corrected chi connectivity index (χ1v) is 5.61. The molecule has 17 heavy (non-hydrogen) atoms. The fraction of sp³-hybridized carbons (Fsp3) is 0.636. The highest BCUT2D eigenvalue weighted by Gasteiger charge is 2.25. The minimum Gasteiger partial charge on any atom is -0.465 e. The molecule has 96 valence electrons. The highest BCUT2D eigenvalue weighted by Crippen LogP contribution is 2.27. The zero-order valence-corrected chi connectivity index (χ0v) is 11.0. The molecule has 1 aromatic rings. The normalized spacial score (nSPS) is 10.7. The second-order valence-corrected chi connectivity index (χ2v) is 4.13. The van der Waals surface area contributed by atoms with E-state index in [0.29, 0.717) is 17.2 Å². The smallest absolute Gasteiger partial charge is 0.345 e. The van der Waals surface area contributed by atoms with E-state index >= 15 is 0 Å². The lowest BCUT2D eigenvalue weighted by atomic mass is 10.2. The van der Waals surface area contributed by atoms with Gasteiger partial charge in [0.1, 0.15) is 11.4 Å². The predicted molar refractivity (Wildman–Crippen MR) is 67.3 cm³/mol. The van der Waals surface area contributed by atoms with Crippen LogP contribution >= 0.6 is 0 Å². The van der Waals surface area contributed by atoms with Gasteiger partial charge in [0.2, 0.25) is 0 Å². The van der Waals surface area contributed by atoms with Gasteiger partial charge < -0.3 is 15.4 Å². The van der Waals surface area contributed by atoms with Crippen LogP contribution in [0.5, 0.6) is 0 Å². The molecule has 1 heterocycles. The molecule has 0 fully saturated rings. The van der Waals surface area contributed by atoms with Crippen LogP contribution in [0.15, 0.2) is 0 Å². The van der Waals surface area contributed by atoms with Crippen LogP contribution in [-0.4, -0.2) is 36.5 Å². The van der Waals surface area contributed by atoms with Gasteiger partial charge in [-0.1, -0.05) is 0 Å². The molecule has 0 radical (unpaired) electrons. The van der Waals surface area contributed by atoms with Crippen LogP contribution in [0.2, 0.25) is 0 Å². The molecule has 0 saturated carbocycles. The predicted octanol–water partition coefficient (Wildman–Crippen LogP) is 1.29. The van der Waals surface area contributed by atoms with Crippen molar-refractivity contribution >= 4 is 17.6 Å². The summed E-state index contributed by atoms with van der Waals surface area (Å²) in [6.45, 7) is 6.63. The molecule has 0 aliphatic rings. The molecule has 6 nitrogen and oxygen atoms in total. The standard InChI is InChI=1S/C11H20N4O2/c1-6-14(4)10-8(11(16)17-5)9(12)15(13-10)7(2)3/h7H,6,12H2,1-5H3. The summed E-state index contributed by atoms with van der Waals surface area (Å²) in [5.74, 6) is 0.456. The summed E-state index contributed by atoms with van der Waals surface area (Å²) in [5, 5.41) is 4.37. The number of nitrogen functional groups attached to an aromatic ring is 1. The van der Waals surface area contributed by atoms with Gasteiger partial charge in [0.05, 0.1) is 7.11 Å². The third kappa shape index (κ3) is 2.35. The van der Waals surface area contributed by atoms with Crippen molar-refractivity contribution in [2.75, 3.05) is 31.3 Å². The molecule has 0 amide bonds. The molecule has 0 aromatic carbocycles. The molecule has 6 heteroatoms. The average molecular weight is 240 g/mol. The molecule has 0 aliphatic heterocycles. The van der Waals surface area contributed by atoms with E-state index < -0.39 is 5.97 Å². The second-order valence-electron chi connectivity index (χ2n) is 4.13. The maximum atomic E-state index is 11.7. The number of aromatic nitrogens is 2. The number of hydrogen-bond donors (Lipinski definition) is 1. The second kappa shape index (κ2) is 5.07. The molecule has 0 bridgehead atoms. The highest BCUT2D eigenvalue weighted by atomic mass is 16.5. The number of esters is 1. The Bertz CT molecular complexity index is 412. The number of ether oxygens (including phenoxy) is 1. The van der Waals surface area contributed by atoms with Gasteiger partial charge in [0.15, 0.2) is 5.82 Å². The lowest BCUT2D eigenvalue weighted by Gasteiger charge is -2.14. The van der Waals surface area contributed by atoms with E-state index in [1.807, 2.05) is 32.7 Å². The molecular formula is C11H20N4O2. The fourth-order valence-electron chi connectivity index (χ4n) is 1.54. The van der Waals surface area contributed by atoms with E-state index in [-0.39, 0.29) is 6.04 Å². The lowest BCUT2D eigenvalue weighted by Crippen LogP contribution is -2.19. The van der Waals surface area contributed by atoms with E-state index in [9.17, 15) is 4.79 Å². The number of nitrogens with zero attached hydrogens (tertiary/aromatic N) is 3. The Labute approximate surface area is 101 Å². The topological polar surface area (TPSA) is 73.4 Å². The Morgan fingerprint density at radius 1 is 1.59 bits per heavy atom. The molecule has 0 saturated heterocycles. The van der Waals surface area contributed by atoms with Crippen molar-refractivity contribution in [3.05, 3.63) is 5.56 Å². The minimum absolute atomic E-state index is 0.0948. The maximum absolute atomic E-state index is 11.7. The SMILES string of the molecule is CCN(C)c1nn(C(C)C)c(N)c1C(=O)OC. The van der Waals surface area contributed by atoms with Gasteiger partial charge in [-0.3, -0.25) is 0 Å². The number of hydrogen-bond acceptors (Lipinski definition) is 5. The lowest BCUT2D eigenvalue weighted by molar-refractivity contribution is 0.0602. The van der Waals surface area contributed by atoms with E-state index in [0.717, 1.165) is 6.54 Å². The van der Waals surface area contributed by atoms with Crippen molar-refractivity contribution in [1.29, 1.82) is 0 Å². The number of methoxy groups -OCH3 is 1. The van der Waals surface area contributed by atoms with Gasteiger partial charge in [-0.2, -0.15) is 5.10 Å². The molecule has 2 N–H and O–H groups in total. The average Bonchev–Trinajstić information content (AvgIpc) is 2.65. The van der Waals surface area contributed by atoms with E-state index in [1.165, 1.54) is 7.11 Å². The zero-order valence-electron chi connectivity index (χ0n) is 11.0. The van der Waals surface area contributed by atoms with Crippen LogP contribution in [0, 0.1) is 0 Å². The summed E-state index contributed by atoms with van der Waals surface area (Å²) < 4.78 is 6.38. The summed E-state index contributed by atoms with van der Waals surface area (Å²) in [5.41, 5.74) is 6.29. The highest BCUT2D eigenvalue weighted by molar-refractivity contribution is 5.99. The van der Waals surface area contributed by atoms with E-state index in [4.69, 9.17) is 10.5 Å². The van der Waals surface area contributed by atoms with Crippen LogP contribution in [0.1, 0.15) is 37.2 Å². The van der Waals surface area contributed by atoms with Gasteiger partial charge in [0, 0.05) is 19.6 Å². The van der Waals surface area contributed by atoms with Gasteiger partial charge in [-0.15, -0.1) is 0 Å². The first-order valence-electron chi connectivity index (χ1n) is 5.61. The first kappa shape index (κ1) is 13.3. The third-order valence-corrected chi connectivity index (χ3v) is 2.64. The van der Waals surface area contributed by atoms with Crippen LogP contribution in [-0.2, 0) is 4.74 Å². The Kier molecular flexibility index (Phi) is 3.98. The Balaban J connectivity index is 3.37. The van der Waals surface area contributed by atoms with Gasteiger partial charge in [0.25, 0.3) is 0 Å². The monoisotopic (exact) mass is 240 g/mol. The Hall–Kier alpha value is -1.72. The maximum Gasteiger partial charge on any atom is 0.345 e. The third-order valence-electron chi connectivity index (χ3n) is 2.64. The van der Waals surface area contributed by atoms with Crippen LogP contribution < -0.4 is 10.6 Å². The van der Waals surface area contributed by atoms with Crippen LogP contribution in [0.3, 0.4) is 0 Å². The quantitative estimate of drug-likeness (QED) is 0.803. The van der Waals surface area contributed by atoms with E-state index in [2.05, 4.69) is 5.10 Å². The van der Waals surface area contributed by atoms with Crippen molar-refractivity contribution in [2.24, 2.45) is 0 Å². The molecule has 0 spiro atoms. The fourth-order valence-corrected chi connectivity index (χ4v) is 1.54. The summed E-state index contributed by atoms with van der Waals surface area (Å²) in [7, 11) is 3.20. The number of nitrogens with two attached hydrogens (primary N) is 1. The van der Waals surface area contributed by atoms with Crippen molar-refractivity contribution in [1.82, 2.24) is 9.78 Å². The molecule has 1 aromatic heterocycles. The van der Waals surface area contributed by atoms with Crippen molar-refractivity contribution < 1.29 is 9.53 Å². The molecule has 1 rings (SSSR count). The minimum atomic E-state index is -0.454. The number of anilines is 2. The number of carbonyl (C=O) groups excluding carboxylic acids is 1. The van der Waals surface area contributed by atoms with E-state index in [1.54, 1.807) is 4.68 Å².